The lowest BCUT2D eigenvalue weighted by atomic mass is 9.98. The molecule has 0 saturated carbocycles. The molecule has 0 bridgehead atoms. The minimum Gasteiger partial charge on any atom is -0.489 e. The highest BCUT2D eigenvalue weighted by molar-refractivity contribution is 6.36. The van der Waals surface area contributed by atoms with Crippen molar-refractivity contribution in [1.82, 2.24) is 24.8 Å². The summed E-state index contributed by atoms with van der Waals surface area (Å²) in [6.45, 7) is 5.75. The number of alkyl halides is 3. The summed E-state index contributed by atoms with van der Waals surface area (Å²) in [6, 6.07) is 4.39. The summed E-state index contributed by atoms with van der Waals surface area (Å²) in [5.41, 5.74) is 9.64. The highest BCUT2D eigenvalue weighted by Gasteiger charge is 2.41. The van der Waals surface area contributed by atoms with E-state index in [1.807, 2.05) is 17.9 Å². The fourth-order valence-electron chi connectivity index (χ4n) is 6.87. The molecule has 2 atom stereocenters. The molecule has 3 aromatic heterocycles. The molecule has 11 nitrogen and oxygen atoms in total. The molecule has 6 heterocycles. The summed E-state index contributed by atoms with van der Waals surface area (Å²) in [6.07, 6.45) is -1.47. The molecule has 2 saturated heterocycles. The Bertz CT molecular complexity index is 1890. The number of aromatic nitrogens is 4. The maximum absolute atomic E-state index is 17.0. The molecule has 4 N–H and O–H groups in total. The highest BCUT2D eigenvalue weighted by atomic mass is 35.5. The molecule has 1 aromatic carbocycles. The molecule has 0 aliphatic carbocycles. The van der Waals surface area contributed by atoms with Crippen molar-refractivity contribution in [3.8, 4) is 23.0 Å². The number of hydrogen-bond donors (Lipinski definition) is 2. The van der Waals surface area contributed by atoms with Crippen LogP contribution in [0.3, 0.4) is 0 Å². The Morgan fingerprint density at radius 1 is 1.17 bits per heavy atom. The second-order valence-corrected chi connectivity index (χ2v) is 12.6. The minimum atomic E-state index is -4.90. The predicted octanol–water partition coefficient (Wildman–Crippen LogP) is 5.57. The third-order valence-electron chi connectivity index (χ3n) is 9.26. The molecule has 0 amide bonds. The second kappa shape index (κ2) is 12.3. The Kier molecular flexibility index (Phi) is 8.32. The number of ether oxygens (including phenoxy) is 3. The van der Waals surface area contributed by atoms with Crippen LogP contribution in [0.15, 0.2) is 24.4 Å². The molecule has 0 unspecified atom stereocenters. The van der Waals surface area contributed by atoms with Gasteiger partial charge >= 0.3 is 12.2 Å². The number of nitrogen functional groups attached to an aromatic ring is 2. The van der Waals surface area contributed by atoms with Crippen LogP contribution in [0.5, 0.6) is 11.8 Å². The Labute approximate surface area is 278 Å². The molecule has 4 aromatic rings. The SMILES string of the molecule is Cc1cc(N)nc(-c2c(Cl)c3c4c(nc(OC[C@@H]5CCCN5C5COC5)nc4c2F)N([C@H](C)c2cccnc2N)CCO3)c1C(F)(F)F. The van der Waals surface area contributed by atoms with Gasteiger partial charge < -0.3 is 30.6 Å². The van der Waals surface area contributed by atoms with E-state index in [0.717, 1.165) is 25.5 Å². The molecule has 3 aliphatic heterocycles. The Morgan fingerprint density at radius 3 is 2.67 bits per heavy atom. The zero-order chi connectivity index (χ0) is 33.9. The van der Waals surface area contributed by atoms with Crippen LogP contribution in [-0.2, 0) is 10.9 Å². The highest BCUT2D eigenvalue weighted by Crippen LogP contribution is 2.51. The normalized spacial score (nSPS) is 19.2. The van der Waals surface area contributed by atoms with Crippen LogP contribution >= 0.6 is 11.6 Å². The number of nitrogens with zero attached hydrogens (tertiary/aromatic N) is 6. The van der Waals surface area contributed by atoms with E-state index in [4.69, 9.17) is 42.3 Å². The van der Waals surface area contributed by atoms with E-state index < -0.39 is 39.9 Å². The standard InChI is InChI=1S/C32H33ClF4N8O3/c1-15-11-20(38)41-26(23(15)32(35,36)37)21-24(33)28-22-27(25(21)34)42-31(48-14-17-5-4-8-45(17)18-12-46-13-18)43-30(22)44(9-10-47-28)16(2)19-6-3-7-40-29(19)39/h3,6-7,11,16-18H,4-5,8-10,12-14H2,1-2H3,(H2,38,41)(H2,39,40)/t16-,17+/m1/s1. The number of benzene rings is 1. The van der Waals surface area contributed by atoms with Crippen LogP contribution in [0.2, 0.25) is 5.02 Å². The zero-order valence-electron chi connectivity index (χ0n) is 26.2. The number of rotatable bonds is 7. The molecule has 2 fully saturated rings. The van der Waals surface area contributed by atoms with E-state index in [1.54, 1.807) is 12.3 Å². The maximum atomic E-state index is 17.0. The van der Waals surface area contributed by atoms with Crippen molar-refractivity contribution in [2.45, 2.75) is 51.0 Å². The lowest BCUT2D eigenvalue weighted by Crippen LogP contribution is -2.52. The van der Waals surface area contributed by atoms with Crippen molar-refractivity contribution in [3.05, 3.63) is 51.9 Å². The minimum absolute atomic E-state index is 0.0208. The van der Waals surface area contributed by atoms with Gasteiger partial charge in [-0.25, -0.2) is 14.4 Å². The van der Waals surface area contributed by atoms with Gasteiger partial charge in [0.2, 0.25) is 0 Å². The van der Waals surface area contributed by atoms with E-state index in [0.29, 0.717) is 30.6 Å². The topological polar surface area (TPSA) is 138 Å². The molecular weight excluding hydrogens is 656 g/mol. The molecule has 3 aliphatic rings. The summed E-state index contributed by atoms with van der Waals surface area (Å²) in [7, 11) is 0. The monoisotopic (exact) mass is 688 g/mol. The third-order valence-corrected chi connectivity index (χ3v) is 9.62. The first-order chi connectivity index (χ1) is 22.9. The first-order valence-electron chi connectivity index (χ1n) is 15.6. The Balaban J connectivity index is 1.42. The molecule has 0 spiro atoms. The van der Waals surface area contributed by atoms with E-state index in [-0.39, 0.29) is 65.7 Å². The summed E-state index contributed by atoms with van der Waals surface area (Å²) < 4.78 is 77.9. The average Bonchev–Trinajstić information content (AvgIpc) is 3.36. The predicted molar refractivity (Wildman–Crippen MR) is 172 cm³/mol. The average molecular weight is 689 g/mol. The lowest BCUT2D eigenvalue weighted by molar-refractivity contribution is -0.137. The lowest BCUT2D eigenvalue weighted by Gasteiger charge is -2.38. The van der Waals surface area contributed by atoms with E-state index >= 15 is 4.39 Å². The van der Waals surface area contributed by atoms with E-state index in [9.17, 15) is 13.2 Å². The zero-order valence-corrected chi connectivity index (χ0v) is 26.9. The van der Waals surface area contributed by atoms with Crippen LogP contribution < -0.4 is 25.8 Å². The van der Waals surface area contributed by atoms with Gasteiger partial charge in [-0.15, -0.1) is 0 Å². The second-order valence-electron chi connectivity index (χ2n) is 12.2. The van der Waals surface area contributed by atoms with Gasteiger partial charge in [-0.05, 0) is 50.9 Å². The summed E-state index contributed by atoms with van der Waals surface area (Å²) in [4.78, 5) is 21.5. The number of likely N-dealkylation sites (tertiary alicyclic amines) is 1. The van der Waals surface area contributed by atoms with Crippen molar-refractivity contribution in [1.29, 1.82) is 0 Å². The van der Waals surface area contributed by atoms with Gasteiger partial charge in [0.15, 0.2) is 11.6 Å². The largest absolute Gasteiger partial charge is 0.489 e. The number of hydrogen-bond acceptors (Lipinski definition) is 11. The van der Waals surface area contributed by atoms with Crippen LogP contribution in [0.25, 0.3) is 22.2 Å². The molecule has 254 valence electrons. The van der Waals surface area contributed by atoms with Crippen molar-refractivity contribution < 1.29 is 31.8 Å². The van der Waals surface area contributed by atoms with E-state index in [2.05, 4.69) is 19.9 Å². The number of aryl methyl sites for hydroxylation is 1. The van der Waals surface area contributed by atoms with Gasteiger partial charge in [0, 0.05) is 17.8 Å². The third kappa shape index (κ3) is 5.56. The van der Waals surface area contributed by atoms with Crippen LogP contribution in [0, 0.1) is 12.7 Å². The summed E-state index contributed by atoms with van der Waals surface area (Å²) in [5, 5.41) is -0.343. The van der Waals surface area contributed by atoms with Crippen LogP contribution in [-0.4, -0.2) is 76.4 Å². The fraction of sp³-hybridized carbons (Fsp3) is 0.438. The number of pyridine rings is 2. The maximum Gasteiger partial charge on any atom is 0.418 e. The van der Waals surface area contributed by atoms with Crippen molar-refractivity contribution in [3.63, 3.8) is 0 Å². The quantitative estimate of drug-likeness (QED) is 0.236. The first kappa shape index (κ1) is 32.3. The van der Waals surface area contributed by atoms with Gasteiger partial charge in [0.1, 0.15) is 36.2 Å². The Hall–Kier alpha value is -4.21. The first-order valence-corrected chi connectivity index (χ1v) is 15.9. The van der Waals surface area contributed by atoms with Gasteiger partial charge in [0.25, 0.3) is 0 Å². The van der Waals surface area contributed by atoms with Crippen molar-refractivity contribution >= 4 is 40.0 Å². The molecular formula is C32H33ClF4N8O3. The van der Waals surface area contributed by atoms with Gasteiger partial charge in [-0.2, -0.15) is 23.1 Å². The number of nitrogens with two attached hydrogens (primary N) is 2. The number of halogens is 5. The summed E-state index contributed by atoms with van der Waals surface area (Å²) >= 11 is 6.79. The molecule has 16 heteroatoms. The van der Waals surface area contributed by atoms with Crippen LogP contribution in [0.1, 0.15) is 42.5 Å². The van der Waals surface area contributed by atoms with Crippen molar-refractivity contribution in [2.24, 2.45) is 0 Å². The smallest absolute Gasteiger partial charge is 0.418 e. The Morgan fingerprint density at radius 2 is 1.96 bits per heavy atom. The van der Waals surface area contributed by atoms with E-state index in [1.165, 1.54) is 6.92 Å². The summed E-state index contributed by atoms with van der Waals surface area (Å²) in [5.74, 6) is -0.962. The molecule has 48 heavy (non-hydrogen) atoms. The van der Waals surface area contributed by atoms with Gasteiger partial charge in [-0.3, -0.25) is 4.90 Å². The molecule has 7 rings (SSSR count). The molecule has 0 radical (unpaired) electrons. The van der Waals surface area contributed by atoms with Crippen molar-refractivity contribution in [2.75, 3.05) is 55.9 Å². The van der Waals surface area contributed by atoms with Gasteiger partial charge in [-0.1, -0.05) is 17.7 Å². The fourth-order valence-corrected chi connectivity index (χ4v) is 7.19. The number of anilines is 3. The van der Waals surface area contributed by atoms with Crippen LogP contribution in [0.4, 0.5) is 35.0 Å². The van der Waals surface area contributed by atoms with Gasteiger partial charge in [0.05, 0.1) is 59.1 Å².